The molecule has 0 aliphatic heterocycles. The van der Waals surface area contributed by atoms with E-state index in [0.29, 0.717) is 11.8 Å². The number of halogens is 1. The Morgan fingerprint density at radius 3 is 2.58 bits per heavy atom. The summed E-state index contributed by atoms with van der Waals surface area (Å²) in [5.74, 6) is 2.46. The summed E-state index contributed by atoms with van der Waals surface area (Å²) in [6.07, 6.45) is 2.47. The zero-order valence-electron chi connectivity index (χ0n) is 11.5. The van der Waals surface area contributed by atoms with Crippen molar-refractivity contribution < 1.29 is 0 Å². The SMILES string of the molecule is CC(C)Cn1ncnc1CC(CCl)c1ccccc1. The molecular weight excluding hydrogens is 258 g/mol. The van der Waals surface area contributed by atoms with E-state index in [1.807, 2.05) is 22.9 Å². The second-order valence-corrected chi connectivity index (χ2v) is 5.53. The molecule has 2 rings (SSSR count). The van der Waals surface area contributed by atoms with Crippen LogP contribution >= 0.6 is 11.6 Å². The minimum absolute atomic E-state index is 0.290. The van der Waals surface area contributed by atoms with Crippen molar-refractivity contribution in [3.63, 3.8) is 0 Å². The second-order valence-electron chi connectivity index (χ2n) is 5.22. The molecule has 0 bridgehead atoms. The minimum Gasteiger partial charge on any atom is -0.250 e. The molecule has 1 heterocycles. The van der Waals surface area contributed by atoms with Gasteiger partial charge in [0, 0.05) is 24.8 Å². The van der Waals surface area contributed by atoms with Gasteiger partial charge in [0.15, 0.2) is 0 Å². The third kappa shape index (κ3) is 3.80. The molecule has 0 spiro atoms. The van der Waals surface area contributed by atoms with Gasteiger partial charge in [-0.25, -0.2) is 9.67 Å². The van der Waals surface area contributed by atoms with Gasteiger partial charge in [-0.3, -0.25) is 0 Å². The molecule has 0 saturated heterocycles. The Morgan fingerprint density at radius 2 is 1.95 bits per heavy atom. The normalized spacial score (nSPS) is 12.8. The minimum atomic E-state index is 0.290. The summed E-state index contributed by atoms with van der Waals surface area (Å²) in [5.41, 5.74) is 1.26. The van der Waals surface area contributed by atoms with Gasteiger partial charge in [0.1, 0.15) is 12.2 Å². The lowest BCUT2D eigenvalue weighted by Crippen LogP contribution is -2.14. The largest absolute Gasteiger partial charge is 0.250 e. The highest BCUT2D eigenvalue weighted by molar-refractivity contribution is 6.18. The summed E-state index contributed by atoms with van der Waals surface area (Å²) in [5, 5.41) is 4.30. The molecule has 0 saturated carbocycles. The van der Waals surface area contributed by atoms with Crippen molar-refractivity contribution in [3.8, 4) is 0 Å². The topological polar surface area (TPSA) is 30.7 Å². The quantitative estimate of drug-likeness (QED) is 0.757. The monoisotopic (exact) mass is 277 g/mol. The molecule has 1 atom stereocenters. The number of alkyl halides is 1. The molecule has 1 unspecified atom stereocenters. The first kappa shape index (κ1) is 14.1. The highest BCUT2D eigenvalue weighted by atomic mass is 35.5. The van der Waals surface area contributed by atoms with Crippen molar-refractivity contribution in [2.45, 2.75) is 32.7 Å². The summed E-state index contributed by atoms with van der Waals surface area (Å²) in [6, 6.07) is 10.4. The summed E-state index contributed by atoms with van der Waals surface area (Å²) < 4.78 is 1.99. The van der Waals surface area contributed by atoms with Crippen LogP contribution in [0.5, 0.6) is 0 Å². The number of benzene rings is 1. The first-order valence-electron chi connectivity index (χ1n) is 6.68. The van der Waals surface area contributed by atoms with Gasteiger partial charge in [0.2, 0.25) is 0 Å². The fourth-order valence-electron chi connectivity index (χ4n) is 2.15. The predicted molar refractivity (Wildman–Crippen MR) is 78.5 cm³/mol. The molecule has 102 valence electrons. The molecule has 0 radical (unpaired) electrons. The lowest BCUT2D eigenvalue weighted by atomic mass is 9.97. The number of hydrogen-bond donors (Lipinski definition) is 0. The van der Waals surface area contributed by atoms with Gasteiger partial charge in [-0.1, -0.05) is 44.2 Å². The molecule has 3 nitrogen and oxygen atoms in total. The molecule has 2 aromatic rings. The van der Waals surface area contributed by atoms with Crippen LogP contribution in [-0.2, 0) is 13.0 Å². The van der Waals surface area contributed by atoms with Gasteiger partial charge in [-0.05, 0) is 11.5 Å². The van der Waals surface area contributed by atoms with Crippen molar-refractivity contribution >= 4 is 11.6 Å². The van der Waals surface area contributed by atoms with E-state index in [1.54, 1.807) is 6.33 Å². The first-order valence-corrected chi connectivity index (χ1v) is 7.21. The Labute approximate surface area is 119 Å². The van der Waals surface area contributed by atoms with E-state index in [9.17, 15) is 0 Å². The van der Waals surface area contributed by atoms with Gasteiger partial charge in [0.25, 0.3) is 0 Å². The smallest absolute Gasteiger partial charge is 0.138 e. The van der Waals surface area contributed by atoms with Crippen molar-refractivity contribution in [2.75, 3.05) is 5.88 Å². The third-order valence-corrected chi connectivity index (χ3v) is 3.49. The molecular formula is C15H20ClN3. The van der Waals surface area contributed by atoms with Gasteiger partial charge in [-0.15, -0.1) is 11.6 Å². The second kappa shape index (κ2) is 6.71. The summed E-state index contributed by atoms with van der Waals surface area (Å²) in [6.45, 7) is 5.27. The van der Waals surface area contributed by atoms with Crippen LogP contribution in [0.25, 0.3) is 0 Å². The zero-order chi connectivity index (χ0) is 13.7. The molecule has 4 heteroatoms. The van der Waals surface area contributed by atoms with Crippen LogP contribution < -0.4 is 0 Å². The van der Waals surface area contributed by atoms with Crippen LogP contribution in [0.3, 0.4) is 0 Å². The van der Waals surface area contributed by atoms with Gasteiger partial charge < -0.3 is 0 Å². The molecule has 0 aliphatic rings. The van der Waals surface area contributed by atoms with Crippen LogP contribution in [0, 0.1) is 5.92 Å². The average molecular weight is 278 g/mol. The summed E-state index contributed by atoms with van der Waals surface area (Å²) in [4.78, 5) is 4.38. The van der Waals surface area contributed by atoms with Crippen LogP contribution in [0.1, 0.15) is 31.2 Å². The maximum absolute atomic E-state index is 6.12. The van der Waals surface area contributed by atoms with E-state index in [4.69, 9.17) is 11.6 Å². The van der Waals surface area contributed by atoms with Crippen LogP contribution in [0.2, 0.25) is 0 Å². The van der Waals surface area contributed by atoms with E-state index < -0.39 is 0 Å². The number of nitrogens with zero attached hydrogens (tertiary/aromatic N) is 3. The molecule has 19 heavy (non-hydrogen) atoms. The Bertz CT molecular complexity index is 493. The Kier molecular flexibility index (Phi) is 4.97. The number of hydrogen-bond acceptors (Lipinski definition) is 2. The molecule has 0 aliphatic carbocycles. The first-order chi connectivity index (χ1) is 9.20. The van der Waals surface area contributed by atoms with Crippen molar-refractivity contribution in [3.05, 3.63) is 48.0 Å². The van der Waals surface area contributed by atoms with Crippen LogP contribution in [-0.4, -0.2) is 20.6 Å². The van der Waals surface area contributed by atoms with E-state index in [-0.39, 0.29) is 5.92 Å². The molecule has 0 N–H and O–H groups in total. The molecule has 0 amide bonds. The zero-order valence-corrected chi connectivity index (χ0v) is 12.2. The fourth-order valence-corrected chi connectivity index (χ4v) is 2.44. The van der Waals surface area contributed by atoms with Crippen LogP contribution in [0.4, 0.5) is 0 Å². The van der Waals surface area contributed by atoms with E-state index in [0.717, 1.165) is 18.8 Å². The maximum atomic E-state index is 6.12. The fraction of sp³-hybridized carbons (Fsp3) is 0.467. The Hall–Kier alpha value is -1.35. The lowest BCUT2D eigenvalue weighted by molar-refractivity contribution is 0.461. The van der Waals surface area contributed by atoms with E-state index in [2.05, 4.69) is 36.1 Å². The Morgan fingerprint density at radius 1 is 1.21 bits per heavy atom. The van der Waals surface area contributed by atoms with Gasteiger partial charge in [0.05, 0.1) is 0 Å². The van der Waals surface area contributed by atoms with Gasteiger partial charge >= 0.3 is 0 Å². The summed E-state index contributed by atoms with van der Waals surface area (Å²) in [7, 11) is 0. The van der Waals surface area contributed by atoms with Gasteiger partial charge in [-0.2, -0.15) is 5.10 Å². The van der Waals surface area contributed by atoms with Crippen LogP contribution in [0.15, 0.2) is 36.7 Å². The molecule has 1 aromatic heterocycles. The highest BCUT2D eigenvalue weighted by Crippen LogP contribution is 2.21. The maximum Gasteiger partial charge on any atom is 0.138 e. The third-order valence-electron chi connectivity index (χ3n) is 3.12. The van der Waals surface area contributed by atoms with Crippen molar-refractivity contribution in [1.82, 2.24) is 14.8 Å². The highest BCUT2D eigenvalue weighted by Gasteiger charge is 2.15. The number of rotatable bonds is 6. The number of aromatic nitrogens is 3. The van der Waals surface area contributed by atoms with E-state index >= 15 is 0 Å². The predicted octanol–water partition coefficient (Wildman–Crippen LogP) is 3.50. The standard InChI is InChI=1S/C15H20ClN3/c1-12(2)10-19-15(17-11-18-19)8-14(9-16)13-6-4-3-5-7-13/h3-7,11-12,14H,8-10H2,1-2H3. The average Bonchev–Trinajstić information content (AvgIpc) is 2.83. The van der Waals surface area contributed by atoms with E-state index in [1.165, 1.54) is 5.56 Å². The molecule has 1 aromatic carbocycles. The lowest BCUT2D eigenvalue weighted by Gasteiger charge is -2.15. The summed E-state index contributed by atoms with van der Waals surface area (Å²) >= 11 is 6.12. The van der Waals surface area contributed by atoms with Crippen molar-refractivity contribution in [1.29, 1.82) is 0 Å². The van der Waals surface area contributed by atoms with Crippen molar-refractivity contribution in [2.24, 2.45) is 5.92 Å². The Balaban J connectivity index is 2.13. The molecule has 0 fully saturated rings.